The van der Waals surface area contributed by atoms with Crippen LogP contribution in [0.4, 0.5) is 20.7 Å². The number of hydrogen-bond donors (Lipinski definition) is 1. The highest BCUT2D eigenvalue weighted by molar-refractivity contribution is 5.75. The fourth-order valence-electron chi connectivity index (χ4n) is 3.68. The second-order valence-electron chi connectivity index (χ2n) is 9.58. The molecule has 0 bridgehead atoms. The number of hydrogen-bond acceptors (Lipinski definition) is 6. The number of aryl methyl sites for hydroxylation is 2. The van der Waals surface area contributed by atoms with Crippen LogP contribution in [-0.2, 0) is 4.74 Å². The van der Waals surface area contributed by atoms with Crippen LogP contribution in [0.1, 0.15) is 44.6 Å². The van der Waals surface area contributed by atoms with Gasteiger partial charge in [0.1, 0.15) is 11.4 Å². The number of carbonyl (C=O) groups excluding carboxylic acids is 1. The molecule has 9 heteroatoms. The highest BCUT2D eigenvalue weighted by Gasteiger charge is 2.20. The van der Waals surface area contributed by atoms with Gasteiger partial charge in [-0.25, -0.2) is 19.2 Å². The normalized spacial score (nSPS) is 11.4. The zero-order chi connectivity index (χ0) is 25.9. The molecule has 188 valence electrons. The zero-order valence-corrected chi connectivity index (χ0v) is 21.6. The number of aromatic nitrogens is 3. The molecule has 1 N–H and O–H groups in total. The van der Waals surface area contributed by atoms with Gasteiger partial charge in [-0.15, -0.1) is 0 Å². The molecular weight excluding hydrogens is 447 g/mol. The van der Waals surface area contributed by atoms with Crippen LogP contribution in [0.5, 0.6) is 0 Å². The second-order valence-corrected chi connectivity index (χ2v) is 9.58. The molecule has 0 aromatic carbocycles. The predicted octanol–water partition coefficient (Wildman–Crippen LogP) is 5.26. The van der Waals surface area contributed by atoms with E-state index in [1.807, 2.05) is 46.8 Å². The van der Waals surface area contributed by atoms with Crippen molar-refractivity contribution in [2.75, 3.05) is 36.9 Å². The summed E-state index contributed by atoms with van der Waals surface area (Å²) in [6, 6.07) is 5.26. The molecule has 0 saturated carbocycles. The third-order valence-corrected chi connectivity index (χ3v) is 5.45. The van der Waals surface area contributed by atoms with E-state index in [4.69, 9.17) is 4.74 Å². The SMILES string of the molecule is C=C(Nc1ccc(N(CC)CCN(C)C(=O)OC(C)(C)C)c(C)n1)c1cc(F)c2nc(C)cn2c1. The van der Waals surface area contributed by atoms with E-state index in [1.54, 1.807) is 28.7 Å². The molecule has 0 aliphatic carbocycles. The number of anilines is 2. The molecule has 1 amide bonds. The Morgan fingerprint density at radius 2 is 1.91 bits per heavy atom. The summed E-state index contributed by atoms with van der Waals surface area (Å²) in [6.07, 6.45) is 3.21. The Bertz CT molecular complexity index is 1230. The molecule has 35 heavy (non-hydrogen) atoms. The van der Waals surface area contributed by atoms with Crippen LogP contribution in [0.15, 0.2) is 37.2 Å². The summed E-state index contributed by atoms with van der Waals surface area (Å²) < 4.78 is 21.5. The van der Waals surface area contributed by atoms with Crippen LogP contribution < -0.4 is 10.2 Å². The molecule has 0 fully saturated rings. The molecule has 0 saturated heterocycles. The van der Waals surface area contributed by atoms with Crippen molar-refractivity contribution in [3.05, 3.63) is 59.9 Å². The number of fused-ring (bicyclic) bond motifs is 1. The van der Waals surface area contributed by atoms with Crippen molar-refractivity contribution >= 4 is 28.9 Å². The lowest BCUT2D eigenvalue weighted by molar-refractivity contribution is 0.0303. The van der Waals surface area contributed by atoms with Gasteiger partial charge in [0.2, 0.25) is 0 Å². The van der Waals surface area contributed by atoms with Crippen molar-refractivity contribution in [1.82, 2.24) is 19.3 Å². The van der Waals surface area contributed by atoms with Crippen LogP contribution in [0, 0.1) is 19.7 Å². The molecule has 0 unspecified atom stereocenters. The maximum Gasteiger partial charge on any atom is 0.410 e. The van der Waals surface area contributed by atoms with Crippen LogP contribution in [0.25, 0.3) is 11.3 Å². The molecule has 3 aromatic rings. The molecule has 8 nitrogen and oxygen atoms in total. The highest BCUT2D eigenvalue weighted by atomic mass is 19.1. The summed E-state index contributed by atoms with van der Waals surface area (Å²) in [5.74, 6) is 0.202. The van der Waals surface area contributed by atoms with Crippen LogP contribution >= 0.6 is 0 Å². The van der Waals surface area contributed by atoms with Gasteiger partial charge in [-0.3, -0.25) is 0 Å². The molecule has 3 heterocycles. The van der Waals surface area contributed by atoms with Gasteiger partial charge < -0.3 is 24.3 Å². The van der Waals surface area contributed by atoms with E-state index < -0.39 is 11.4 Å². The standard InChI is InChI=1S/C26H35FN6O2/c1-9-32(13-12-31(8)25(34)35-26(5,6)7)22-10-11-23(30-19(22)4)29-18(3)20-14-21(27)24-28-17(2)15-33(24)16-20/h10-11,14-16H,3,9,12-13H2,1-2,4-8H3,(H,29,30). The van der Waals surface area contributed by atoms with E-state index >= 15 is 0 Å². The van der Waals surface area contributed by atoms with E-state index in [0.29, 0.717) is 30.2 Å². The number of halogens is 1. The topological polar surface area (TPSA) is 75.0 Å². The Morgan fingerprint density at radius 3 is 2.54 bits per heavy atom. The summed E-state index contributed by atoms with van der Waals surface area (Å²) in [5, 5.41) is 3.17. The largest absolute Gasteiger partial charge is 0.444 e. The smallest absolute Gasteiger partial charge is 0.410 e. The van der Waals surface area contributed by atoms with Crippen molar-refractivity contribution in [1.29, 1.82) is 0 Å². The first kappa shape index (κ1) is 26.0. The number of amides is 1. The van der Waals surface area contributed by atoms with Gasteiger partial charge in [-0.05, 0) is 59.7 Å². The first-order valence-electron chi connectivity index (χ1n) is 11.7. The van der Waals surface area contributed by atoms with Crippen molar-refractivity contribution in [3.63, 3.8) is 0 Å². The minimum Gasteiger partial charge on any atom is -0.444 e. The van der Waals surface area contributed by atoms with Crippen molar-refractivity contribution in [2.45, 2.75) is 47.1 Å². The number of carbonyl (C=O) groups is 1. The number of ether oxygens (including phenoxy) is 1. The molecule has 3 aromatic heterocycles. The van der Waals surface area contributed by atoms with Gasteiger partial charge in [0, 0.05) is 50.3 Å². The maximum atomic E-state index is 14.5. The average Bonchev–Trinajstić information content (AvgIpc) is 3.14. The molecule has 0 spiro atoms. The van der Waals surface area contributed by atoms with E-state index in [2.05, 4.69) is 33.7 Å². The van der Waals surface area contributed by atoms with E-state index in [9.17, 15) is 9.18 Å². The van der Waals surface area contributed by atoms with Gasteiger partial charge in [0.05, 0.1) is 17.1 Å². The maximum absolute atomic E-state index is 14.5. The molecule has 0 radical (unpaired) electrons. The molecule has 0 atom stereocenters. The van der Waals surface area contributed by atoms with Crippen LogP contribution in [0.3, 0.4) is 0 Å². The van der Waals surface area contributed by atoms with E-state index in [0.717, 1.165) is 23.6 Å². The summed E-state index contributed by atoms with van der Waals surface area (Å²) in [7, 11) is 1.73. The molecule has 3 rings (SSSR count). The third kappa shape index (κ3) is 6.49. The minimum atomic E-state index is -0.529. The minimum absolute atomic E-state index is 0.286. The van der Waals surface area contributed by atoms with Crippen LogP contribution in [0.2, 0.25) is 0 Å². The predicted molar refractivity (Wildman–Crippen MR) is 138 cm³/mol. The van der Waals surface area contributed by atoms with Gasteiger partial charge in [0.15, 0.2) is 11.5 Å². The first-order valence-corrected chi connectivity index (χ1v) is 11.7. The molecular formula is C26H35FN6O2. The Hall–Kier alpha value is -3.62. The Kier molecular flexibility index (Phi) is 7.67. The van der Waals surface area contributed by atoms with Gasteiger partial charge in [-0.1, -0.05) is 6.58 Å². The summed E-state index contributed by atoms with van der Waals surface area (Å²) >= 11 is 0. The number of rotatable bonds is 8. The van der Waals surface area contributed by atoms with Gasteiger partial charge in [-0.2, -0.15) is 0 Å². The molecule has 0 aliphatic rings. The lowest BCUT2D eigenvalue weighted by Crippen LogP contribution is -2.39. The Morgan fingerprint density at radius 1 is 1.20 bits per heavy atom. The summed E-state index contributed by atoms with van der Waals surface area (Å²) in [5.41, 5.74) is 3.44. The fourth-order valence-corrected chi connectivity index (χ4v) is 3.68. The Labute approximate surface area is 206 Å². The van der Waals surface area contributed by atoms with Crippen molar-refractivity contribution < 1.29 is 13.9 Å². The van der Waals surface area contributed by atoms with E-state index in [-0.39, 0.29) is 11.7 Å². The third-order valence-electron chi connectivity index (χ3n) is 5.45. The van der Waals surface area contributed by atoms with Crippen molar-refractivity contribution in [2.24, 2.45) is 0 Å². The number of pyridine rings is 2. The number of nitrogens with one attached hydrogen (secondary N) is 1. The van der Waals surface area contributed by atoms with E-state index in [1.165, 1.54) is 6.07 Å². The van der Waals surface area contributed by atoms with Crippen LogP contribution in [-0.4, -0.2) is 57.6 Å². The lowest BCUT2D eigenvalue weighted by Gasteiger charge is -2.29. The quantitative estimate of drug-likeness (QED) is 0.472. The monoisotopic (exact) mass is 482 g/mol. The number of likely N-dealkylation sites (N-methyl/N-ethyl adjacent to an activating group) is 2. The number of imidazole rings is 1. The summed E-state index contributed by atoms with van der Waals surface area (Å²) in [6.45, 7) is 17.3. The number of nitrogens with zero attached hydrogens (tertiary/aromatic N) is 5. The van der Waals surface area contributed by atoms with Gasteiger partial charge in [0.25, 0.3) is 0 Å². The average molecular weight is 483 g/mol. The van der Waals surface area contributed by atoms with Crippen molar-refractivity contribution in [3.8, 4) is 0 Å². The fraction of sp³-hybridized carbons (Fsp3) is 0.423. The van der Waals surface area contributed by atoms with Gasteiger partial charge >= 0.3 is 6.09 Å². The second kappa shape index (κ2) is 10.3. The lowest BCUT2D eigenvalue weighted by atomic mass is 10.2. The Balaban J connectivity index is 1.68. The summed E-state index contributed by atoms with van der Waals surface area (Å²) in [4.78, 5) is 24.8. The first-order chi connectivity index (χ1) is 16.4. The zero-order valence-electron chi connectivity index (χ0n) is 21.6. The molecule has 0 aliphatic heterocycles. The highest BCUT2D eigenvalue weighted by Crippen LogP contribution is 2.24.